The summed E-state index contributed by atoms with van der Waals surface area (Å²) in [4.78, 5) is 0. The molecule has 50 valence electrons. The molecule has 0 aliphatic heterocycles. The molecule has 0 aliphatic carbocycles. The third kappa shape index (κ3) is 1.45. The van der Waals surface area contributed by atoms with Crippen molar-refractivity contribution in [1.29, 1.82) is 0 Å². The van der Waals surface area contributed by atoms with E-state index in [1.165, 1.54) is 0 Å². The maximum absolute atomic E-state index is 5.77. The lowest BCUT2D eigenvalue weighted by Gasteiger charge is -2.00. The van der Waals surface area contributed by atoms with Gasteiger partial charge in [-0.15, -0.1) is 0 Å². The number of rotatable bonds is 1. The van der Waals surface area contributed by atoms with Crippen LogP contribution >= 0.6 is 22.9 Å². The van der Waals surface area contributed by atoms with Crippen molar-refractivity contribution < 1.29 is 0 Å². The summed E-state index contributed by atoms with van der Waals surface area (Å²) >= 11 is 7.35. The Kier molecular flexibility index (Phi) is 2.11. The molecule has 1 aromatic rings. The summed E-state index contributed by atoms with van der Waals surface area (Å²) in [5, 5.41) is 4.66. The highest BCUT2D eigenvalue weighted by atomic mass is 35.5. The Morgan fingerprint density at radius 3 is 2.56 bits per heavy atom. The fourth-order valence-electron chi connectivity index (χ4n) is 0.616. The monoisotopic (exact) mass is 161 g/mol. The zero-order valence-electron chi connectivity index (χ0n) is 5.10. The van der Waals surface area contributed by atoms with Gasteiger partial charge in [-0.2, -0.15) is 11.3 Å². The van der Waals surface area contributed by atoms with Crippen LogP contribution in [0.4, 0.5) is 0 Å². The fraction of sp³-hybridized carbons (Fsp3) is 0.333. The molecule has 1 heterocycles. The molecule has 0 saturated heterocycles. The molecule has 0 bridgehead atoms. The summed E-state index contributed by atoms with van der Waals surface area (Å²) in [5.41, 5.74) is 6.62. The van der Waals surface area contributed by atoms with Crippen molar-refractivity contribution >= 4 is 22.9 Å². The third-order valence-electron chi connectivity index (χ3n) is 1.13. The molecule has 0 aromatic carbocycles. The number of hydrogen-bond acceptors (Lipinski definition) is 2. The molecule has 2 N–H and O–H groups in total. The molecule has 0 aliphatic rings. The van der Waals surface area contributed by atoms with Gasteiger partial charge >= 0.3 is 0 Å². The molecule has 1 aromatic heterocycles. The Hall–Kier alpha value is -0.0500. The molecule has 0 fully saturated rings. The van der Waals surface area contributed by atoms with Gasteiger partial charge in [0.1, 0.15) is 0 Å². The summed E-state index contributed by atoms with van der Waals surface area (Å²) in [7, 11) is 0. The largest absolute Gasteiger partial charge is 0.324 e. The predicted octanol–water partition coefficient (Wildman–Crippen LogP) is 2.42. The summed E-state index contributed by atoms with van der Waals surface area (Å²) in [5.74, 6) is 0. The highest BCUT2D eigenvalue weighted by molar-refractivity contribution is 7.08. The summed E-state index contributed by atoms with van der Waals surface area (Å²) in [6.45, 7) is 1.92. The van der Waals surface area contributed by atoms with Gasteiger partial charge in [0.2, 0.25) is 0 Å². The minimum absolute atomic E-state index is 0.0590. The topological polar surface area (TPSA) is 26.0 Å². The Bertz CT molecular complexity index is 195. The first kappa shape index (κ1) is 7.06. The molecule has 9 heavy (non-hydrogen) atoms. The van der Waals surface area contributed by atoms with Crippen LogP contribution in [0.25, 0.3) is 0 Å². The first-order valence-corrected chi connectivity index (χ1v) is 4.01. The van der Waals surface area contributed by atoms with Gasteiger partial charge in [-0.25, -0.2) is 0 Å². The molecule has 1 atom stereocenters. The minimum atomic E-state index is 0.0590. The van der Waals surface area contributed by atoms with Gasteiger partial charge in [-0.05, 0) is 17.9 Å². The fourth-order valence-corrected chi connectivity index (χ4v) is 1.87. The number of hydrogen-bond donors (Lipinski definition) is 1. The van der Waals surface area contributed by atoms with E-state index in [2.05, 4.69) is 0 Å². The van der Waals surface area contributed by atoms with E-state index in [9.17, 15) is 0 Å². The molecule has 0 radical (unpaired) electrons. The van der Waals surface area contributed by atoms with E-state index in [1.54, 1.807) is 11.3 Å². The highest BCUT2D eigenvalue weighted by Gasteiger charge is 2.03. The highest BCUT2D eigenvalue weighted by Crippen LogP contribution is 2.24. The second-order valence-electron chi connectivity index (χ2n) is 1.96. The molecular weight excluding hydrogens is 154 g/mol. The molecule has 0 saturated carbocycles. The van der Waals surface area contributed by atoms with Crippen molar-refractivity contribution in [3.63, 3.8) is 0 Å². The van der Waals surface area contributed by atoms with Gasteiger partial charge in [0.25, 0.3) is 0 Å². The van der Waals surface area contributed by atoms with E-state index in [0.29, 0.717) is 0 Å². The van der Waals surface area contributed by atoms with Crippen LogP contribution in [0, 0.1) is 0 Å². The van der Waals surface area contributed by atoms with Crippen LogP contribution in [-0.2, 0) is 0 Å². The van der Waals surface area contributed by atoms with Crippen LogP contribution in [0.15, 0.2) is 10.8 Å². The summed E-state index contributed by atoms with van der Waals surface area (Å²) < 4.78 is 0. The third-order valence-corrected chi connectivity index (χ3v) is 2.35. The van der Waals surface area contributed by atoms with Crippen molar-refractivity contribution in [1.82, 2.24) is 0 Å². The van der Waals surface area contributed by atoms with Gasteiger partial charge in [0, 0.05) is 11.4 Å². The second-order valence-corrected chi connectivity index (χ2v) is 3.11. The van der Waals surface area contributed by atoms with Crippen LogP contribution in [0.1, 0.15) is 18.5 Å². The van der Waals surface area contributed by atoms with Crippen LogP contribution in [-0.4, -0.2) is 0 Å². The van der Waals surface area contributed by atoms with Crippen molar-refractivity contribution in [2.45, 2.75) is 13.0 Å². The number of thiophene rings is 1. The van der Waals surface area contributed by atoms with E-state index in [-0.39, 0.29) is 6.04 Å². The van der Waals surface area contributed by atoms with Crippen LogP contribution in [0.3, 0.4) is 0 Å². The van der Waals surface area contributed by atoms with Crippen molar-refractivity contribution in [3.8, 4) is 0 Å². The maximum Gasteiger partial charge on any atom is 0.0560 e. The zero-order chi connectivity index (χ0) is 6.85. The van der Waals surface area contributed by atoms with Gasteiger partial charge in [-0.3, -0.25) is 0 Å². The van der Waals surface area contributed by atoms with Crippen LogP contribution < -0.4 is 5.73 Å². The van der Waals surface area contributed by atoms with Gasteiger partial charge in [-0.1, -0.05) is 11.6 Å². The lowest BCUT2D eigenvalue weighted by atomic mass is 10.2. The molecule has 1 nitrogen and oxygen atoms in total. The smallest absolute Gasteiger partial charge is 0.0560 e. The first-order chi connectivity index (χ1) is 4.22. The predicted molar refractivity (Wildman–Crippen MR) is 41.9 cm³/mol. The Balaban J connectivity index is 2.94. The lowest BCUT2D eigenvalue weighted by Crippen LogP contribution is -2.03. The van der Waals surface area contributed by atoms with Gasteiger partial charge in [0.05, 0.1) is 5.02 Å². The average Bonchev–Trinajstić information content (AvgIpc) is 2.13. The van der Waals surface area contributed by atoms with E-state index in [1.807, 2.05) is 17.7 Å². The Morgan fingerprint density at radius 2 is 2.33 bits per heavy atom. The summed E-state index contributed by atoms with van der Waals surface area (Å²) in [6, 6.07) is 0.0590. The van der Waals surface area contributed by atoms with Crippen LogP contribution in [0.2, 0.25) is 5.02 Å². The van der Waals surface area contributed by atoms with Crippen molar-refractivity contribution in [2.75, 3.05) is 0 Å². The van der Waals surface area contributed by atoms with E-state index in [4.69, 9.17) is 17.3 Å². The second kappa shape index (κ2) is 2.69. The quantitative estimate of drug-likeness (QED) is 0.673. The molecule has 0 spiro atoms. The zero-order valence-corrected chi connectivity index (χ0v) is 6.67. The van der Waals surface area contributed by atoms with E-state index in [0.717, 1.165) is 10.6 Å². The SMILES string of the molecule is C[C@@H](N)c1cscc1Cl. The van der Waals surface area contributed by atoms with Crippen molar-refractivity contribution in [3.05, 3.63) is 21.3 Å². The Labute approximate surface area is 63.4 Å². The molecule has 1 rings (SSSR count). The normalized spacial score (nSPS) is 13.7. The van der Waals surface area contributed by atoms with Crippen LogP contribution in [0.5, 0.6) is 0 Å². The van der Waals surface area contributed by atoms with Crippen molar-refractivity contribution in [2.24, 2.45) is 5.73 Å². The van der Waals surface area contributed by atoms with E-state index >= 15 is 0 Å². The number of nitrogens with two attached hydrogens (primary N) is 1. The minimum Gasteiger partial charge on any atom is -0.324 e. The Morgan fingerprint density at radius 1 is 1.67 bits per heavy atom. The molecular formula is C6H8ClNS. The molecule has 0 amide bonds. The first-order valence-electron chi connectivity index (χ1n) is 2.69. The number of halogens is 1. The van der Waals surface area contributed by atoms with Gasteiger partial charge in [0.15, 0.2) is 0 Å². The molecule has 3 heteroatoms. The molecule has 0 unspecified atom stereocenters. The standard InChI is InChI=1S/C6H8ClNS/c1-4(8)5-2-9-3-6(5)7/h2-4H,8H2,1H3/t4-/m1/s1. The van der Waals surface area contributed by atoms with E-state index < -0.39 is 0 Å². The summed E-state index contributed by atoms with van der Waals surface area (Å²) in [6.07, 6.45) is 0. The average molecular weight is 162 g/mol. The maximum atomic E-state index is 5.77. The van der Waals surface area contributed by atoms with Gasteiger partial charge < -0.3 is 5.73 Å². The lowest BCUT2D eigenvalue weighted by molar-refractivity contribution is 0.823.